The van der Waals surface area contributed by atoms with E-state index >= 15 is 0 Å². The number of carbonyl (C=O) groups is 3. The number of carbonyl (C=O) groups excluding carboxylic acids is 3. The molecule has 0 saturated carbocycles. The zero-order chi connectivity index (χ0) is 21.5. The summed E-state index contributed by atoms with van der Waals surface area (Å²) in [5, 5.41) is 4.64. The van der Waals surface area contributed by atoms with E-state index in [1.54, 1.807) is 30.3 Å². The third-order valence-corrected chi connectivity index (χ3v) is 6.32. The topological polar surface area (TPSA) is 75.7 Å². The molecule has 0 aliphatic carbocycles. The molecule has 1 aromatic carbocycles. The Morgan fingerprint density at radius 3 is 2.67 bits per heavy atom. The van der Waals surface area contributed by atoms with E-state index in [1.165, 1.54) is 28.0 Å². The summed E-state index contributed by atoms with van der Waals surface area (Å²) in [6, 6.07) is 10.2. The lowest BCUT2D eigenvalue weighted by molar-refractivity contribution is -0.126. The Morgan fingerprint density at radius 2 is 2.00 bits per heavy atom. The van der Waals surface area contributed by atoms with E-state index in [4.69, 9.17) is 17.0 Å². The van der Waals surface area contributed by atoms with E-state index in [2.05, 4.69) is 5.32 Å². The fourth-order valence-corrected chi connectivity index (χ4v) is 4.54. The van der Waals surface area contributed by atoms with Gasteiger partial charge in [0.2, 0.25) is 5.91 Å². The van der Waals surface area contributed by atoms with Gasteiger partial charge in [0.25, 0.3) is 5.91 Å². The van der Waals surface area contributed by atoms with Gasteiger partial charge in [-0.3, -0.25) is 14.5 Å². The number of benzene rings is 1. The number of thiocarbonyl (C=S) groups is 1. The van der Waals surface area contributed by atoms with Gasteiger partial charge in [-0.25, -0.2) is 4.79 Å². The van der Waals surface area contributed by atoms with Crippen molar-refractivity contribution in [1.29, 1.82) is 0 Å². The van der Waals surface area contributed by atoms with Crippen LogP contribution in [-0.2, 0) is 14.3 Å². The van der Waals surface area contributed by atoms with Crippen molar-refractivity contribution < 1.29 is 19.1 Å². The molecule has 1 aromatic heterocycles. The van der Waals surface area contributed by atoms with Gasteiger partial charge in [-0.1, -0.05) is 43.4 Å². The lowest BCUT2D eigenvalue weighted by atomic mass is 10.2. The highest BCUT2D eigenvalue weighted by atomic mass is 32.2. The SMILES string of the molecule is CCCCOC(=O)c1ccc(NC(=O)CN2C(=O)/C(=C/c3cccs3)SC2=S)cc1. The molecule has 0 atom stereocenters. The number of hydrogen-bond acceptors (Lipinski definition) is 7. The van der Waals surface area contributed by atoms with Crippen LogP contribution in [0.2, 0.25) is 0 Å². The number of nitrogens with one attached hydrogen (secondary N) is 1. The second kappa shape index (κ2) is 10.5. The Balaban J connectivity index is 1.56. The Bertz CT molecular complexity index is 969. The first-order chi connectivity index (χ1) is 14.5. The molecule has 1 aliphatic heterocycles. The summed E-state index contributed by atoms with van der Waals surface area (Å²) >= 11 is 7.97. The average molecular weight is 461 g/mol. The molecule has 1 aliphatic rings. The maximum atomic E-state index is 12.6. The van der Waals surface area contributed by atoms with Crippen molar-refractivity contribution in [2.75, 3.05) is 18.5 Å². The number of thiophene rings is 1. The molecule has 1 N–H and O–H groups in total. The van der Waals surface area contributed by atoms with Crippen LogP contribution < -0.4 is 5.32 Å². The van der Waals surface area contributed by atoms with E-state index in [0.717, 1.165) is 17.7 Å². The lowest BCUT2D eigenvalue weighted by Crippen LogP contribution is -2.36. The highest BCUT2D eigenvalue weighted by molar-refractivity contribution is 8.26. The third-order valence-electron chi connectivity index (χ3n) is 4.13. The van der Waals surface area contributed by atoms with Gasteiger partial charge >= 0.3 is 5.97 Å². The van der Waals surface area contributed by atoms with E-state index < -0.39 is 5.97 Å². The summed E-state index contributed by atoms with van der Waals surface area (Å²) in [7, 11) is 0. The summed E-state index contributed by atoms with van der Waals surface area (Å²) < 4.78 is 5.51. The van der Waals surface area contributed by atoms with Gasteiger partial charge in [-0.15, -0.1) is 11.3 Å². The molecule has 0 spiro atoms. The number of nitrogens with zero attached hydrogens (tertiary/aromatic N) is 1. The molecule has 1 fully saturated rings. The second-order valence-electron chi connectivity index (χ2n) is 6.40. The normalized spacial score (nSPS) is 15.0. The van der Waals surface area contributed by atoms with Crippen molar-refractivity contribution in [2.45, 2.75) is 19.8 Å². The van der Waals surface area contributed by atoms with Crippen LogP contribution in [0.1, 0.15) is 35.0 Å². The molecule has 2 aromatic rings. The summed E-state index contributed by atoms with van der Waals surface area (Å²) in [6.07, 6.45) is 3.55. The van der Waals surface area contributed by atoms with Crippen molar-refractivity contribution in [3.8, 4) is 0 Å². The van der Waals surface area contributed by atoms with E-state index in [0.29, 0.717) is 27.1 Å². The number of unbranched alkanes of at least 4 members (excludes halogenated alkanes) is 1. The number of rotatable bonds is 8. The summed E-state index contributed by atoms with van der Waals surface area (Å²) in [4.78, 5) is 39.6. The number of ether oxygens (including phenoxy) is 1. The molecule has 0 unspecified atom stereocenters. The molecule has 0 radical (unpaired) electrons. The minimum absolute atomic E-state index is 0.173. The Kier molecular flexibility index (Phi) is 7.78. The van der Waals surface area contributed by atoms with Crippen molar-refractivity contribution >= 4 is 69.2 Å². The van der Waals surface area contributed by atoms with Crippen LogP contribution in [-0.4, -0.2) is 40.2 Å². The van der Waals surface area contributed by atoms with Crippen molar-refractivity contribution in [3.63, 3.8) is 0 Å². The first kappa shape index (κ1) is 22.2. The predicted octanol–water partition coefficient (Wildman–Crippen LogP) is 4.54. The molecule has 1 saturated heterocycles. The fourth-order valence-electron chi connectivity index (χ4n) is 2.57. The molecule has 6 nitrogen and oxygen atoms in total. The van der Waals surface area contributed by atoms with Crippen LogP contribution in [0.4, 0.5) is 5.69 Å². The number of anilines is 1. The third kappa shape index (κ3) is 5.78. The van der Waals surface area contributed by atoms with E-state index in [1.807, 2.05) is 24.4 Å². The minimum atomic E-state index is -0.392. The van der Waals surface area contributed by atoms with Crippen LogP contribution >= 0.6 is 35.3 Å². The standard InChI is InChI=1S/C21H20N2O4S3/c1-2-3-10-27-20(26)14-6-8-15(9-7-14)22-18(24)13-23-19(25)17(30-21(23)28)12-16-5-4-11-29-16/h4-9,11-12H,2-3,10,13H2,1H3,(H,22,24)/b17-12-. The highest BCUT2D eigenvalue weighted by Gasteiger charge is 2.33. The van der Waals surface area contributed by atoms with Gasteiger partial charge < -0.3 is 10.1 Å². The largest absolute Gasteiger partial charge is 0.462 e. The highest BCUT2D eigenvalue weighted by Crippen LogP contribution is 2.33. The number of esters is 1. The van der Waals surface area contributed by atoms with Gasteiger partial charge in [-0.05, 0) is 48.2 Å². The number of amides is 2. The molecule has 0 bridgehead atoms. The maximum Gasteiger partial charge on any atom is 0.338 e. The monoisotopic (exact) mass is 460 g/mol. The average Bonchev–Trinajstić information content (AvgIpc) is 3.33. The van der Waals surface area contributed by atoms with Crippen LogP contribution in [0.5, 0.6) is 0 Å². The maximum absolute atomic E-state index is 12.6. The van der Waals surface area contributed by atoms with E-state index in [-0.39, 0.29) is 18.4 Å². The summed E-state index contributed by atoms with van der Waals surface area (Å²) in [5.74, 6) is -1.04. The molecule has 156 valence electrons. The summed E-state index contributed by atoms with van der Waals surface area (Å²) in [5.41, 5.74) is 0.935. The fraction of sp³-hybridized carbons (Fsp3) is 0.238. The van der Waals surface area contributed by atoms with Gasteiger partial charge in [0.15, 0.2) is 0 Å². The van der Waals surface area contributed by atoms with Gasteiger partial charge in [0, 0.05) is 10.6 Å². The quantitative estimate of drug-likeness (QED) is 0.270. The zero-order valence-electron chi connectivity index (χ0n) is 16.3. The van der Waals surface area contributed by atoms with Crippen molar-refractivity contribution in [1.82, 2.24) is 4.90 Å². The predicted molar refractivity (Wildman–Crippen MR) is 124 cm³/mol. The molecule has 3 rings (SSSR count). The van der Waals surface area contributed by atoms with Gasteiger partial charge in [0.05, 0.1) is 17.1 Å². The van der Waals surface area contributed by atoms with Crippen LogP contribution in [0.3, 0.4) is 0 Å². The summed E-state index contributed by atoms with van der Waals surface area (Å²) in [6.45, 7) is 2.24. The van der Waals surface area contributed by atoms with Gasteiger partial charge in [0.1, 0.15) is 10.9 Å². The Morgan fingerprint density at radius 1 is 1.23 bits per heavy atom. The molecule has 9 heteroatoms. The molecule has 30 heavy (non-hydrogen) atoms. The number of thioether (sulfide) groups is 1. The number of hydrogen-bond donors (Lipinski definition) is 1. The minimum Gasteiger partial charge on any atom is -0.462 e. The Hall–Kier alpha value is -2.49. The van der Waals surface area contributed by atoms with Crippen LogP contribution in [0, 0.1) is 0 Å². The van der Waals surface area contributed by atoms with Crippen molar-refractivity contribution in [2.24, 2.45) is 0 Å². The Labute approximate surface area is 188 Å². The lowest BCUT2D eigenvalue weighted by Gasteiger charge is -2.14. The van der Waals surface area contributed by atoms with Gasteiger partial charge in [-0.2, -0.15) is 0 Å². The molecular formula is C21H20N2O4S3. The first-order valence-corrected chi connectivity index (χ1v) is 11.4. The molecule has 2 amide bonds. The second-order valence-corrected chi connectivity index (χ2v) is 9.05. The molecule has 2 heterocycles. The first-order valence-electron chi connectivity index (χ1n) is 9.34. The van der Waals surface area contributed by atoms with Crippen LogP contribution in [0.25, 0.3) is 6.08 Å². The van der Waals surface area contributed by atoms with Crippen LogP contribution in [0.15, 0.2) is 46.7 Å². The molecular weight excluding hydrogens is 440 g/mol. The zero-order valence-corrected chi connectivity index (χ0v) is 18.7. The van der Waals surface area contributed by atoms with E-state index in [9.17, 15) is 14.4 Å². The smallest absolute Gasteiger partial charge is 0.338 e. The van der Waals surface area contributed by atoms with Crippen molar-refractivity contribution in [3.05, 3.63) is 57.1 Å².